The first-order valence-electron chi connectivity index (χ1n) is 9.56. The summed E-state index contributed by atoms with van der Waals surface area (Å²) in [6.07, 6.45) is 1.58. The van der Waals surface area contributed by atoms with Crippen LogP contribution in [0.1, 0.15) is 52.7 Å². The van der Waals surface area contributed by atoms with Crippen LogP contribution >= 0.6 is 0 Å². The predicted octanol–water partition coefficient (Wildman–Crippen LogP) is 4.02. The van der Waals surface area contributed by atoms with Gasteiger partial charge in [0.25, 0.3) is 5.79 Å². The van der Waals surface area contributed by atoms with Gasteiger partial charge < -0.3 is 9.47 Å². The van der Waals surface area contributed by atoms with Crippen molar-refractivity contribution in [1.29, 1.82) is 0 Å². The van der Waals surface area contributed by atoms with Crippen LogP contribution in [0.3, 0.4) is 0 Å². The largest absolute Gasteiger partial charge is 0.419 e. The van der Waals surface area contributed by atoms with Gasteiger partial charge in [-0.25, -0.2) is 9.59 Å². The van der Waals surface area contributed by atoms with Crippen LogP contribution in [0, 0.1) is 11.8 Å². The lowest BCUT2D eigenvalue weighted by Gasteiger charge is -2.30. The van der Waals surface area contributed by atoms with Crippen molar-refractivity contribution < 1.29 is 19.1 Å². The van der Waals surface area contributed by atoms with Crippen molar-refractivity contribution >= 4 is 18.0 Å². The average Bonchev–Trinajstić information content (AvgIpc) is 2.50. The molecule has 5 heteroatoms. The minimum Gasteiger partial charge on any atom is -0.419 e. The van der Waals surface area contributed by atoms with E-state index in [1.165, 1.54) is 0 Å². The van der Waals surface area contributed by atoms with E-state index in [9.17, 15) is 9.59 Å². The molecule has 0 aliphatic carbocycles. The lowest BCUT2D eigenvalue weighted by molar-refractivity contribution is -0.222. The Morgan fingerprint density at radius 1 is 0.963 bits per heavy atom. The smallest absolute Gasteiger partial charge is 0.348 e. The second-order valence-corrected chi connectivity index (χ2v) is 8.42. The second-order valence-electron chi connectivity index (χ2n) is 8.42. The van der Waals surface area contributed by atoms with Gasteiger partial charge in [-0.3, -0.25) is 4.90 Å². The first-order chi connectivity index (χ1) is 12.6. The number of hydrogen-bond acceptors (Lipinski definition) is 5. The van der Waals surface area contributed by atoms with E-state index in [-0.39, 0.29) is 5.57 Å². The molecule has 1 aliphatic rings. The molecule has 0 unspecified atom stereocenters. The number of esters is 2. The zero-order valence-electron chi connectivity index (χ0n) is 17.2. The van der Waals surface area contributed by atoms with Crippen LogP contribution in [0.25, 0.3) is 6.08 Å². The summed E-state index contributed by atoms with van der Waals surface area (Å²) in [6, 6.07) is 7.81. The molecule has 1 aliphatic heterocycles. The summed E-state index contributed by atoms with van der Waals surface area (Å²) in [5, 5.41) is 0. The van der Waals surface area contributed by atoms with Gasteiger partial charge in [-0.1, -0.05) is 52.0 Å². The molecule has 148 valence electrons. The van der Waals surface area contributed by atoms with Crippen molar-refractivity contribution in [2.24, 2.45) is 11.8 Å². The first kappa shape index (κ1) is 21.2. The fraction of sp³-hybridized carbons (Fsp3) is 0.545. The maximum atomic E-state index is 12.2. The van der Waals surface area contributed by atoms with E-state index in [1.54, 1.807) is 19.9 Å². The Morgan fingerprint density at radius 3 is 2.00 bits per heavy atom. The summed E-state index contributed by atoms with van der Waals surface area (Å²) < 4.78 is 10.4. The zero-order chi connectivity index (χ0) is 20.2. The molecule has 1 aromatic carbocycles. The first-order valence-corrected chi connectivity index (χ1v) is 9.56. The van der Waals surface area contributed by atoms with E-state index < -0.39 is 17.7 Å². The van der Waals surface area contributed by atoms with Gasteiger partial charge >= 0.3 is 11.9 Å². The quantitative estimate of drug-likeness (QED) is 0.410. The average molecular weight is 373 g/mol. The van der Waals surface area contributed by atoms with Crippen molar-refractivity contribution in [3.63, 3.8) is 0 Å². The van der Waals surface area contributed by atoms with Crippen molar-refractivity contribution in [1.82, 2.24) is 4.90 Å². The number of carbonyl (C=O) groups is 2. The predicted molar refractivity (Wildman–Crippen MR) is 106 cm³/mol. The molecule has 1 fully saturated rings. The Kier molecular flexibility index (Phi) is 6.82. The van der Waals surface area contributed by atoms with Crippen LogP contribution in [-0.2, 0) is 25.6 Å². The van der Waals surface area contributed by atoms with E-state index in [2.05, 4.69) is 32.6 Å². The maximum absolute atomic E-state index is 12.2. The summed E-state index contributed by atoms with van der Waals surface area (Å²) in [5.74, 6) is -1.41. The maximum Gasteiger partial charge on any atom is 0.348 e. The molecule has 5 nitrogen and oxygen atoms in total. The van der Waals surface area contributed by atoms with Gasteiger partial charge in [0.1, 0.15) is 5.57 Å². The molecule has 0 bridgehead atoms. The molecule has 2 rings (SSSR count). The summed E-state index contributed by atoms with van der Waals surface area (Å²) in [7, 11) is 0. The van der Waals surface area contributed by atoms with E-state index in [1.807, 2.05) is 24.3 Å². The summed E-state index contributed by atoms with van der Waals surface area (Å²) >= 11 is 0. The molecule has 27 heavy (non-hydrogen) atoms. The number of carbonyl (C=O) groups excluding carboxylic acids is 2. The Balaban J connectivity index is 2.29. The highest BCUT2D eigenvalue weighted by Gasteiger charge is 2.38. The van der Waals surface area contributed by atoms with Crippen LogP contribution in [-0.4, -0.2) is 35.7 Å². The molecule has 0 atom stereocenters. The van der Waals surface area contributed by atoms with Crippen LogP contribution in [0.4, 0.5) is 0 Å². The van der Waals surface area contributed by atoms with Gasteiger partial charge in [0.2, 0.25) is 0 Å². The summed E-state index contributed by atoms with van der Waals surface area (Å²) in [5.41, 5.74) is 1.83. The van der Waals surface area contributed by atoms with Crippen molar-refractivity contribution in [2.75, 3.05) is 13.1 Å². The zero-order valence-corrected chi connectivity index (χ0v) is 17.2. The van der Waals surface area contributed by atoms with Gasteiger partial charge in [-0.15, -0.1) is 0 Å². The monoisotopic (exact) mass is 373 g/mol. The molecule has 0 radical (unpaired) electrons. The van der Waals surface area contributed by atoms with Gasteiger partial charge in [-0.05, 0) is 29.0 Å². The summed E-state index contributed by atoms with van der Waals surface area (Å²) in [4.78, 5) is 26.9. The fourth-order valence-corrected chi connectivity index (χ4v) is 3.23. The van der Waals surface area contributed by atoms with E-state index in [0.29, 0.717) is 11.8 Å². The molecule has 0 spiro atoms. The van der Waals surface area contributed by atoms with Crippen molar-refractivity contribution in [3.8, 4) is 0 Å². The molecule has 0 N–H and O–H groups in total. The van der Waals surface area contributed by atoms with E-state index in [4.69, 9.17) is 9.47 Å². The van der Waals surface area contributed by atoms with Crippen LogP contribution < -0.4 is 0 Å². The third-order valence-corrected chi connectivity index (χ3v) is 4.11. The number of hydrogen-bond donors (Lipinski definition) is 0. The highest BCUT2D eigenvalue weighted by molar-refractivity contribution is 6.18. The number of nitrogens with zero attached hydrogens (tertiary/aromatic N) is 1. The Bertz CT molecular complexity index is 687. The molecular formula is C22H31NO4. The van der Waals surface area contributed by atoms with Gasteiger partial charge in [-0.2, -0.15) is 0 Å². The highest BCUT2D eigenvalue weighted by Crippen LogP contribution is 2.25. The fourth-order valence-electron chi connectivity index (χ4n) is 3.23. The number of rotatable bonds is 7. The molecule has 0 amide bonds. The lowest BCUT2D eigenvalue weighted by Crippen LogP contribution is -2.41. The number of cyclic esters (lactones) is 2. The number of ether oxygens (including phenoxy) is 2. The second kappa shape index (κ2) is 8.70. The summed E-state index contributed by atoms with van der Waals surface area (Å²) in [6.45, 7) is 14.6. The van der Waals surface area contributed by atoms with Crippen LogP contribution in [0.5, 0.6) is 0 Å². The van der Waals surface area contributed by atoms with Gasteiger partial charge in [0.05, 0.1) is 0 Å². The van der Waals surface area contributed by atoms with Crippen molar-refractivity contribution in [2.45, 2.75) is 53.9 Å². The Labute approximate surface area is 162 Å². The molecule has 1 heterocycles. The number of benzene rings is 1. The van der Waals surface area contributed by atoms with E-state index in [0.717, 1.165) is 30.8 Å². The third kappa shape index (κ3) is 6.21. The van der Waals surface area contributed by atoms with E-state index >= 15 is 0 Å². The minimum absolute atomic E-state index is 0.0685. The third-order valence-electron chi connectivity index (χ3n) is 4.11. The topological polar surface area (TPSA) is 55.8 Å². The van der Waals surface area contributed by atoms with Crippen LogP contribution in [0.15, 0.2) is 29.8 Å². The Morgan fingerprint density at radius 2 is 1.48 bits per heavy atom. The minimum atomic E-state index is -1.23. The standard InChI is InChI=1S/C22H31NO4/c1-15(2)12-23(13-16(3)4)14-18-10-8-7-9-17(18)11-19-20(24)26-22(5,6)27-21(19)25/h7-11,15-16H,12-14H2,1-6H3. The molecule has 0 aromatic heterocycles. The SMILES string of the molecule is CC(C)CN(Cc1ccccc1C=C1C(=O)OC(C)(C)OC1=O)CC(C)C. The van der Waals surface area contributed by atoms with Gasteiger partial charge in [0, 0.05) is 33.5 Å². The van der Waals surface area contributed by atoms with Crippen LogP contribution in [0.2, 0.25) is 0 Å². The molecular weight excluding hydrogens is 342 g/mol. The Hall–Kier alpha value is -2.14. The normalized spacial score (nSPS) is 16.7. The molecule has 1 aromatic rings. The molecule has 0 saturated carbocycles. The van der Waals surface area contributed by atoms with Gasteiger partial charge in [0.15, 0.2) is 0 Å². The highest BCUT2D eigenvalue weighted by atomic mass is 16.7. The lowest BCUT2D eigenvalue weighted by atomic mass is 10.0. The molecule has 1 saturated heterocycles. The van der Waals surface area contributed by atoms with Crippen molar-refractivity contribution in [3.05, 3.63) is 41.0 Å².